The molecule has 14 heavy (non-hydrogen) atoms. The van der Waals surface area contributed by atoms with E-state index in [0.717, 1.165) is 0 Å². The molecule has 0 nitrogen and oxygen atoms in total. The van der Waals surface area contributed by atoms with Gasteiger partial charge in [0.05, 0.1) is 0 Å². The third-order valence-corrected chi connectivity index (χ3v) is 3.52. The maximum absolute atomic E-state index is 2.29. The SMILES string of the molecule is CCCCCCCCCCCC[CH2][Ge]. The molecule has 3 radical (unpaired) electrons. The Kier molecular flexibility index (Phi) is 14.1. The molecule has 0 aliphatic heterocycles. The predicted octanol–water partition coefficient (Wildman–Crippen LogP) is 4.88. The van der Waals surface area contributed by atoms with Crippen LogP contribution in [-0.2, 0) is 0 Å². The van der Waals surface area contributed by atoms with E-state index >= 15 is 0 Å². The summed E-state index contributed by atoms with van der Waals surface area (Å²) in [7, 11) is 0. The first-order chi connectivity index (χ1) is 6.91. The molecule has 0 aliphatic rings. The summed E-state index contributed by atoms with van der Waals surface area (Å²) in [5.74, 6) is 0. The van der Waals surface area contributed by atoms with Gasteiger partial charge in [-0.25, -0.2) is 0 Å². The molecule has 0 N–H and O–H groups in total. The van der Waals surface area contributed by atoms with Gasteiger partial charge in [-0.05, 0) is 0 Å². The molecule has 0 atom stereocenters. The van der Waals surface area contributed by atoms with Crippen LogP contribution in [-0.4, -0.2) is 16.5 Å². The van der Waals surface area contributed by atoms with E-state index in [-0.39, 0.29) is 0 Å². The minimum atomic E-state index is 1.37. The van der Waals surface area contributed by atoms with E-state index in [9.17, 15) is 0 Å². The van der Waals surface area contributed by atoms with Gasteiger partial charge in [-0.1, -0.05) is 6.92 Å². The van der Waals surface area contributed by atoms with E-state index in [1.165, 1.54) is 75.9 Å². The van der Waals surface area contributed by atoms with Crippen molar-refractivity contribution in [1.82, 2.24) is 0 Å². The average Bonchev–Trinajstić information content (AvgIpc) is 2.21. The van der Waals surface area contributed by atoms with Crippen molar-refractivity contribution in [3.63, 3.8) is 0 Å². The van der Waals surface area contributed by atoms with Gasteiger partial charge in [0.15, 0.2) is 0 Å². The van der Waals surface area contributed by atoms with Crippen molar-refractivity contribution < 1.29 is 0 Å². The zero-order valence-electron chi connectivity index (χ0n) is 9.99. The molecule has 0 saturated carbocycles. The Bertz CT molecular complexity index is 79.2. The summed E-state index contributed by atoms with van der Waals surface area (Å²) < 4.78 is 0. The second-order valence-corrected chi connectivity index (χ2v) is 5.33. The molecule has 0 saturated heterocycles. The van der Waals surface area contributed by atoms with Crippen LogP contribution in [0.2, 0.25) is 5.25 Å². The molecular formula is C13H27Ge. The number of hydrogen-bond donors (Lipinski definition) is 0. The maximum atomic E-state index is 2.29. The van der Waals surface area contributed by atoms with E-state index < -0.39 is 0 Å². The van der Waals surface area contributed by atoms with Crippen LogP contribution in [0, 0.1) is 0 Å². The Morgan fingerprint density at radius 2 is 0.929 bits per heavy atom. The standard InChI is InChI=1S/C13H27Ge/c1-2-3-4-5-6-7-8-9-10-11-12-13-14/h2-13H2,1H3. The van der Waals surface area contributed by atoms with E-state index in [1.54, 1.807) is 0 Å². The Morgan fingerprint density at radius 1 is 0.571 bits per heavy atom. The van der Waals surface area contributed by atoms with Gasteiger partial charge in [0, 0.05) is 0 Å². The molecule has 0 rings (SSSR count). The van der Waals surface area contributed by atoms with Gasteiger partial charge in [0.1, 0.15) is 0 Å². The molecule has 0 bridgehead atoms. The Labute approximate surface area is 99.5 Å². The number of unbranched alkanes of at least 4 members (excludes halogenated alkanes) is 10. The van der Waals surface area contributed by atoms with E-state index in [2.05, 4.69) is 23.4 Å². The van der Waals surface area contributed by atoms with Crippen molar-refractivity contribution >= 4 is 16.5 Å². The summed E-state index contributed by atoms with van der Waals surface area (Å²) in [5, 5.41) is 1.37. The Balaban J connectivity index is 2.78. The molecule has 0 heterocycles. The number of rotatable bonds is 11. The van der Waals surface area contributed by atoms with Crippen LogP contribution in [0.4, 0.5) is 0 Å². The first kappa shape index (κ1) is 14.5. The minimum absolute atomic E-state index is 1.37. The third-order valence-electron chi connectivity index (χ3n) is 2.78. The molecule has 1 heteroatoms. The molecule has 0 aromatic rings. The second kappa shape index (κ2) is 13.5. The van der Waals surface area contributed by atoms with Gasteiger partial charge in [-0.2, -0.15) is 0 Å². The van der Waals surface area contributed by atoms with E-state index in [0.29, 0.717) is 0 Å². The second-order valence-electron chi connectivity index (χ2n) is 4.29. The van der Waals surface area contributed by atoms with E-state index in [1.807, 2.05) is 0 Å². The third kappa shape index (κ3) is 12.5. The van der Waals surface area contributed by atoms with Crippen LogP contribution in [0.15, 0.2) is 0 Å². The molecule has 83 valence electrons. The Morgan fingerprint density at radius 3 is 1.29 bits per heavy atom. The van der Waals surface area contributed by atoms with Crippen molar-refractivity contribution in [2.24, 2.45) is 0 Å². The summed E-state index contributed by atoms with van der Waals surface area (Å²) in [6, 6.07) is 0. The van der Waals surface area contributed by atoms with Crippen molar-refractivity contribution in [1.29, 1.82) is 0 Å². The fourth-order valence-electron chi connectivity index (χ4n) is 1.79. The Hall–Kier alpha value is 0.543. The summed E-state index contributed by atoms with van der Waals surface area (Å²) in [5.41, 5.74) is 0. The van der Waals surface area contributed by atoms with Gasteiger partial charge in [-0.15, -0.1) is 0 Å². The summed E-state index contributed by atoms with van der Waals surface area (Å²) in [4.78, 5) is 0. The van der Waals surface area contributed by atoms with E-state index in [4.69, 9.17) is 0 Å². The summed E-state index contributed by atoms with van der Waals surface area (Å²) in [6.45, 7) is 2.29. The predicted molar refractivity (Wildman–Crippen MR) is 67.0 cm³/mol. The van der Waals surface area contributed by atoms with Gasteiger partial charge >= 0.3 is 92.4 Å². The van der Waals surface area contributed by atoms with Gasteiger partial charge in [-0.3, -0.25) is 0 Å². The average molecular weight is 256 g/mol. The molecule has 0 spiro atoms. The fourth-order valence-corrected chi connectivity index (χ4v) is 2.31. The zero-order chi connectivity index (χ0) is 10.5. The van der Waals surface area contributed by atoms with Crippen molar-refractivity contribution in [3.8, 4) is 0 Å². The molecule has 0 aromatic heterocycles. The van der Waals surface area contributed by atoms with Crippen LogP contribution in [0.25, 0.3) is 0 Å². The van der Waals surface area contributed by atoms with Crippen LogP contribution < -0.4 is 0 Å². The number of hydrogen-bond acceptors (Lipinski definition) is 0. The molecule has 0 aromatic carbocycles. The zero-order valence-corrected chi connectivity index (χ0v) is 12.1. The fraction of sp³-hybridized carbons (Fsp3) is 1.00. The van der Waals surface area contributed by atoms with Gasteiger partial charge in [0.2, 0.25) is 0 Å². The molecule has 0 unspecified atom stereocenters. The first-order valence-electron chi connectivity index (χ1n) is 6.56. The van der Waals surface area contributed by atoms with Gasteiger partial charge < -0.3 is 0 Å². The monoisotopic (exact) mass is 257 g/mol. The topological polar surface area (TPSA) is 0 Å². The van der Waals surface area contributed by atoms with Crippen molar-refractivity contribution in [2.45, 2.75) is 82.8 Å². The molecule has 0 amide bonds. The van der Waals surface area contributed by atoms with Crippen molar-refractivity contribution in [2.75, 3.05) is 0 Å². The van der Waals surface area contributed by atoms with Crippen LogP contribution in [0.1, 0.15) is 77.6 Å². The molecular weight excluding hydrogens is 229 g/mol. The van der Waals surface area contributed by atoms with Crippen molar-refractivity contribution in [3.05, 3.63) is 0 Å². The quantitative estimate of drug-likeness (QED) is 0.365. The normalized spacial score (nSPS) is 10.7. The molecule has 0 fully saturated rings. The molecule has 0 aliphatic carbocycles. The first-order valence-corrected chi connectivity index (χ1v) is 8.04. The summed E-state index contributed by atoms with van der Waals surface area (Å²) >= 11 is 2.29. The van der Waals surface area contributed by atoms with Gasteiger partial charge in [0.25, 0.3) is 0 Å². The van der Waals surface area contributed by atoms with Crippen LogP contribution >= 0.6 is 0 Å². The van der Waals surface area contributed by atoms with Crippen LogP contribution in [0.5, 0.6) is 0 Å². The summed E-state index contributed by atoms with van der Waals surface area (Å²) in [6.07, 6.45) is 16.1. The van der Waals surface area contributed by atoms with Crippen LogP contribution in [0.3, 0.4) is 0 Å².